The van der Waals surface area contributed by atoms with E-state index in [-0.39, 0.29) is 17.9 Å². The number of carbonyl (C=O) groups is 1. The summed E-state index contributed by atoms with van der Waals surface area (Å²) >= 11 is 9.31. The lowest BCUT2D eigenvalue weighted by atomic mass is 9.95. The normalized spacial score (nSPS) is 12.2. The summed E-state index contributed by atoms with van der Waals surface area (Å²) in [4.78, 5) is 12.4. The van der Waals surface area contributed by atoms with E-state index in [4.69, 9.17) is 11.6 Å². The summed E-state index contributed by atoms with van der Waals surface area (Å²) in [5, 5.41) is 3.79. The van der Waals surface area contributed by atoms with Crippen LogP contribution in [0.5, 0.6) is 0 Å². The number of rotatable bonds is 4. The van der Waals surface area contributed by atoms with Gasteiger partial charge in [0.1, 0.15) is 0 Å². The fourth-order valence-electron chi connectivity index (χ4n) is 2.16. The molecule has 0 aliphatic heterocycles. The molecule has 0 bridgehead atoms. The van der Waals surface area contributed by atoms with Gasteiger partial charge in [-0.1, -0.05) is 59.6 Å². The molecule has 1 atom stereocenters. The van der Waals surface area contributed by atoms with E-state index in [1.165, 1.54) is 0 Å². The summed E-state index contributed by atoms with van der Waals surface area (Å²) in [6, 6.07) is 14.9. The summed E-state index contributed by atoms with van der Waals surface area (Å²) in [5.41, 5.74) is 1.70. The van der Waals surface area contributed by atoms with Gasteiger partial charge in [0.05, 0.1) is 6.04 Å². The van der Waals surface area contributed by atoms with Crippen molar-refractivity contribution in [2.75, 3.05) is 0 Å². The zero-order valence-electron chi connectivity index (χ0n) is 11.9. The molecule has 2 aromatic carbocycles. The third-order valence-corrected chi connectivity index (χ3v) is 4.01. The van der Waals surface area contributed by atoms with Gasteiger partial charge in [-0.2, -0.15) is 0 Å². The molecule has 21 heavy (non-hydrogen) atoms. The summed E-state index contributed by atoms with van der Waals surface area (Å²) < 4.78 is 0.891. The molecule has 0 fully saturated rings. The van der Waals surface area contributed by atoms with Gasteiger partial charge in [0, 0.05) is 15.1 Å². The number of amides is 1. The number of benzene rings is 2. The van der Waals surface area contributed by atoms with Gasteiger partial charge < -0.3 is 5.32 Å². The molecule has 4 heteroatoms. The van der Waals surface area contributed by atoms with Crippen molar-refractivity contribution in [2.45, 2.75) is 19.9 Å². The van der Waals surface area contributed by atoms with Crippen LogP contribution in [0.25, 0.3) is 0 Å². The molecule has 0 saturated carbocycles. The Morgan fingerprint density at radius 3 is 2.38 bits per heavy atom. The van der Waals surface area contributed by atoms with Crippen LogP contribution in [0.15, 0.2) is 53.0 Å². The van der Waals surface area contributed by atoms with Crippen LogP contribution in [0.3, 0.4) is 0 Å². The zero-order chi connectivity index (χ0) is 15.4. The highest BCUT2D eigenvalue weighted by atomic mass is 79.9. The van der Waals surface area contributed by atoms with Crippen LogP contribution in [0.4, 0.5) is 0 Å². The third-order valence-electron chi connectivity index (χ3n) is 3.27. The molecule has 1 unspecified atom stereocenters. The molecule has 0 aromatic heterocycles. The maximum atomic E-state index is 12.4. The Bertz CT molecular complexity index is 625. The summed E-state index contributed by atoms with van der Waals surface area (Å²) in [6.45, 7) is 4.17. The predicted octanol–water partition coefficient (Wildman–Crippen LogP) is 5.23. The SMILES string of the molecule is CC(C)C(NC(=O)c1cccc(Br)c1)c1ccc(Cl)cc1. The first kappa shape index (κ1) is 16.1. The lowest BCUT2D eigenvalue weighted by Crippen LogP contribution is -2.31. The summed E-state index contributed by atoms with van der Waals surface area (Å²) in [6.07, 6.45) is 0. The van der Waals surface area contributed by atoms with Gasteiger partial charge in [-0.25, -0.2) is 0 Å². The van der Waals surface area contributed by atoms with Crippen LogP contribution in [0.2, 0.25) is 5.02 Å². The van der Waals surface area contributed by atoms with E-state index in [9.17, 15) is 4.79 Å². The first-order valence-corrected chi connectivity index (χ1v) is 7.96. The molecule has 0 aliphatic rings. The third kappa shape index (κ3) is 4.32. The average molecular weight is 367 g/mol. The second-order valence-electron chi connectivity index (χ2n) is 5.26. The largest absolute Gasteiger partial charge is 0.345 e. The second kappa shape index (κ2) is 7.10. The molecule has 0 spiro atoms. The molecular weight excluding hydrogens is 350 g/mol. The maximum Gasteiger partial charge on any atom is 0.251 e. The van der Waals surface area contributed by atoms with Crippen molar-refractivity contribution in [3.05, 3.63) is 69.2 Å². The van der Waals surface area contributed by atoms with Crippen molar-refractivity contribution in [2.24, 2.45) is 5.92 Å². The number of hydrogen-bond acceptors (Lipinski definition) is 1. The highest BCUT2D eigenvalue weighted by molar-refractivity contribution is 9.10. The second-order valence-corrected chi connectivity index (χ2v) is 6.61. The van der Waals surface area contributed by atoms with Crippen molar-refractivity contribution < 1.29 is 4.79 Å². The van der Waals surface area contributed by atoms with Gasteiger partial charge in [-0.15, -0.1) is 0 Å². The molecule has 1 N–H and O–H groups in total. The van der Waals surface area contributed by atoms with Crippen LogP contribution >= 0.6 is 27.5 Å². The van der Waals surface area contributed by atoms with Crippen molar-refractivity contribution in [1.82, 2.24) is 5.32 Å². The van der Waals surface area contributed by atoms with Crippen LogP contribution in [-0.2, 0) is 0 Å². The van der Waals surface area contributed by atoms with Gasteiger partial charge in [0.25, 0.3) is 5.91 Å². The van der Waals surface area contributed by atoms with E-state index < -0.39 is 0 Å². The monoisotopic (exact) mass is 365 g/mol. The number of nitrogens with one attached hydrogen (secondary N) is 1. The Balaban J connectivity index is 2.20. The molecule has 0 aliphatic carbocycles. The molecule has 2 nitrogen and oxygen atoms in total. The van der Waals surface area contributed by atoms with Gasteiger partial charge in [0.15, 0.2) is 0 Å². The zero-order valence-corrected chi connectivity index (χ0v) is 14.3. The van der Waals surface area contributed by atoms with Crippen molar-refractivity contribution >= 4 is 33.4 Å². The standard InChI is InChI=1S/C17H17BrClNO/c1-11(2)16(12-6-8-15(19)9-7-12)20-17(21)13-4-3-5-14(18)10-13/h3-11,16H,1-2H3,(H,20,21). The molecule has 2 aromatic rings. The van der Waals surface area contributed by atoms with Crippen LogP contribution in [-0.4, -0.2) is 5.91 Å². The smallest absolute Gasteiger partial charge is 0.251 e. The minimum atomic E-state index is -0.0787. The minimum Gasteiger partial charge on any atom is -0.345 e. The lowest BCUT2D eigenvalue weighted by Gasteiger charge is -2.23. The van der Waals surface area contributed by atoms with Crippen molar-refractivity contribution in [1.29, 1.82) is 0 Å². The van der Waals surface area contributed by atoms with Crippen LogP contribution in [0, 0.1) is 5.92 Å². The first-order chi connectivity index (χ1) is 9.97. The topological polar surface area (TPSA) is 29.1 Å². The summed E-state index contributed by atoms with van der Waals surface area (Å²) in [7, 11) is 0. The Kier molecular flexibility index (Phi) is 5.43. The quantitative estimate of drug-likeness (QED) is 0.788. The molecule has 0 radical (unpaired) electrons. The fourth-order valence-corrected chi connectivity index (χ4v) is 2.68. The Hall–Kier alpha value is -1.32. The number of halogens is 2. The van der Waals surface area contributed by atoms with Gasteiger partial charge in [0.2, 0.25) is 0 Å². The van der Waals surface area contributed by atoms with Crippen LogP contribution in [0.1, 0.15) is 35.8 Å². The molecule has 1 amide bonds. The number of carbonyl (C=O) groups excluding carboxylic acids is 1. The van der Waals surface area contributed by atoms with E-state index in [1.54, 1.807) is 6.07 Å². The van der Waals surface area contributed by atoms with Crippen molar-refractivity contribution in [3.63, 3.8) is 0 Å². The highest BCUT2D eigenvalue weighted by Gasteiger charge is 2.19. The van der Waals surface area contributed by atoms with E-state index in [0.29, 0.717) is 10.6 Å². The van der Waals surface area contributed by atoms with Crippen LogP contribution < -0.4 is 5.32 Å². The minimum absolute atomic E-state index is 0.0475. The van der Waals surface area contributed by atoms with E-state index in [1.807, 2.05) is 42.5 Å². The van der Waals surface area contributed by atoms with Gasteiger partial charge in [-0.05, 0) is 41.8 Å². The first-order valence-electron chi connectivity index (χ1n) is 6.79. The molecule has 0 saturated heterocycles. The molecule has 2 rings (SSSR count). The van der Waals surface area contributed by atoms with Gasteiger partial charge in [-0.3, -0.25) is 4.79 Å². The maximum absolute atomic E-state index is 12.4. The highest BCUT2D eigenvalue weighted by Crippen LogP contribution is 2.24. The number of hydrogen-bond donors (Lipinski definition) is 1. The Morgan fingerprint density at radius 2 is 1.81 bits per heavy atom. The van der Waals surface area contributed by atoms with Gasteiger partial charge >= 0.3 is 0 Å². The van der Waals surface area contributed by atoms with E-state index >= 15 is 0 Å². The Labute approximate surface area is 138 Å². The molecule has 0 heterocycles. The van der Waals surface area contributed by atoms with E-state index in [2.05, 4.69) is 35.1 Å². The fraction of sp³-hybridized carbons (Fsp3) is 0.235. The lowest BCUT2D eigenvalue weighted by molar-refractivity contribution is 0.0925. The Morgan fingerprint density at radius 1 is 1.14 bits per heavy atom. The average Bonchev–Trinajstić information content (AvgIpc) is 2.45. The van der Waals surface area contributed by atoms with E-state index in [0.717, 1.165) is 10.0 Å². The summed E-state index contributed by atoms with van der Waals surface area (Å²) in [5.74, 6) is 0.201. The molecule has 110 valence electrons. The van der Waals surface area contributed by atoms with Crippen molar-refractivity contribution in [3.8, 4) is 0 Å². The predicted molar refractivity (Wildman–Crippen MR) is 90.6 cm³/mol. The molecular formula is C17H17BrClNO.